The van der Waals surface area contributed by atoms with Crippen LogP contribution in [0.3, 0.4) is 0 Å². The molecule has 3 heterocycles. The number of amides is 1. The molecule has 0 spiro atoms. The lowest BCUT2D eigenvalue weighted by Gasteiger charge is -2.42. The number of morpholine rings is 1. The van der Waals surface area contributed by atoms with Gasteiger partial charge < -0.3 is 19.9 Å². The minimum Gasteiger partial charge on any atom is -0.375 e. The van der Waals surface area contributed by atoms with Crippen LogP contribution in [0.2, 0.25) is 0 Å². The molecule has 1 saturated carbocycles. The fraction of sp³-hybridized carbons (Fsp3) is 0.667. The third-order valence-corrected chi connectivity index (χ3v) is 5.60. The van der Waals surface area contributed by atoms with Crippen LogP contribution in [0.1, 0.15) is 19.3 Å². The van der Waals surface area contributed by atoms with Crippen molar-refractivity contribution in [2.45, 2.75) is 31.4 Å². The van der Waals surface area contributed by atoms with Crippen LogP contribution in [0.4, 0.5) is 5.69 Å². The van der Waals surface area contributed by atoms with E-state index in [4.69, 9.17) is 4.74 Å². The number of aromatic nitrogens is 1. The normalized spacial score (nSPS) is 28.4. The van der Waals surface area contributed by atoms with Crippen molar-refractivity contribution >= 4 is 36.4 Å². The van der Waals surface area contributed by atoms with Gasteiger partial charge in [-0.2, -0.15) is 0 Å². The van der Waals surface area contributed by atoms with Gasteiger partial charge in [-0.25, -0.2) is 0 Å². The molecule has 6 nitrogen and oxygen atoms in total. The van der Waals surface area contributed by atoms with Crippen molar-refractivity contribution in [2.24, 2.45) is 5.92 Å². The quantitative estimate of drug-likeness (QED) is 0.815. The Balaban J connectivity index is 0.00000121. The van der Waals surface area contributed by atoms with Crippen molar-refractivity contribution < 1.29 is 9.53 Å². The molecule has 146 valence electrons. The number of piperazine rings is 1. The van der Waals surface area contributed by atoms with Gasteiger partial charge in [0.15, 0.2) is 0 Å². The highest BCUT2D eigenvalue weighted by Crippen LogP contribution is 2.30. The second-order valence-corrected chi connectivity index (χ2v) is 7.00. The van der Waals surface area contributed by atoms with Crippen LogP contribution in [0.25, 0.3) is 0 Å². The number of carbonyl (C=O) groups excluding carboxylic acids is 1. The van der Waals surface area contributed by atoms with E-state index in [0.29, 0.717) is 18.1 Å². The van der Waals surface area contributed by atoms with Gasteiger partial charge in [0.25, 0.3) is 0 Å². The standard InChI is InChI=1S/C18H26N4O2.2ClH/c23-18(14-1-2-17-16(13-14)20-7-12-24-17)22-10-8-21(9-11-22)15-3-5-19-6-4-15;;/h3-6,14,16-17,20H,1-2,7-13H2;2*1H/t14-,16+,17+;;/m0../s1. The average Bonchev–Trinajstić information content (AvgIpc) is 2.68. The van der Waals surface area contributed by atoms with E-state index < -0.39 is 0 Å². The van der Waals surface area contributed by atoms with Crippen LogP contribution in [0, 0.1) is 5.92 Å². The predicted molar refractivity (Wildman–Crippen MR) is 106 cm³/mol. The van der Waals surface area contributed by atoms with E-state index in [-0.39, 0.29) is 30.7 Å². The second kappa shape index (κ2) is 9.74. The zero-order valence-corrected chi connectivity index (χ0v) is 16.5. The van der Waals surface area contributed by atoms with Gasteiger partial charge in [-0.15, -0.1) is 24.8 Å². The van der Waals surface area contributed by atoms with Crippen molar-refractivity contribution in [2.75, 3.05) is 44.2 Å². The number of anilines is 1. The monoisotopic (exact) mass is 402 g/mol. The molecule has 26 heavy (non-hydrogen) atoms. The van der Waals surface area contributed by atoms with Gasteiger partial charge in [0.2, 0.25) is 5.91 Å². The van der Waals surface area contributed by atoms with Crippen LogP contribution in [0.15, 0.2) is 24.5 Å². The zero-order chi connectivity index (χ0) is 16.4. The molecule has 8 heteroatoms. The first-order chi connectivity index (χ1) is 11.8. The molecule has 1 aliphatic carbocycles. The molecular weight excluding hydrogens is 375 g/mol. The number of pyridine rings is 1. The number of nitrogens with zero attached hydrogens (tertiary/aromatic N) is 3. The Morgan fingerprint density at radius 3 is 2.58 bits per heavy atom. The summed E-state index contributed by atoms with van der Waals surface area (Å²) in [6, 6.07) is 4.43. The van der Waals surface area contributed by atoms with Crippen molar-refractivity contribution in [1.82, 2.24) is 15.2 Å². The number of hydrogen-bond acceptors (Lipinski definition) is 5. The molecule has 1 N–H and O–H groups in total. The molecule has 0 bridgehead atoms. The molecule has 0 radical (unpaired) electrons. The Morgan fingerprint density at radius 2 is 1.85 bits per heavy atom. The molecule has 3 atom stereocenters. The predicted octanol–water partition coefficient (Wildman–Crippen LogP) is 1.73. The topological polar surface area (TPSA) is 57.7 Å². The maximum Gasteiger partial charge on any atom is 0.225 e. The minimum atomic E-state index is 0. The summed E-state index contributed by atoms with van der Waals surface area (Å²) in [4.78, 5) is 21.4. The lowest BCUT2D eigenvalue weighted by molar-refractivity contribution is -0.139. The molecule has 1 amide bonds. The maximum atomic E-state index is 12.9. The molecule has 2 aliphatic heterocycles. The van der Waals surface area contributed by atoms with Crippen LogP contribution >= 0.6 is 24.8 Å². The molecular formula is C18H28Cl2N4O2. The second-order valence-electron chi connectivity index (χ2n) is 7.00. The largest absolute Gasteiger partial charge is 0.375 e. The molecule has 0 unspecified atom stereocenters. The Hall–Kier alpha value is -1.08. The van der Waals surface area contributed by atoms with Gasteiger partial charge in [-0.05, 0) is 31.4 Å². The first-order valence-electron chi connectivity index (χ1n) is 9.10. The van der Waals surface area contributed by atoms with E-state index in [2.05, 4.69) is 20.1 Å². The molecule has 3 fully saturated rings. The van der Waals surface area contributed by atoms with Gasteiger partial charge in [-0.1, -0.05) is 0 Å². The van der Waals surface area contributed by atoms with E-state index >= 15 is 0 Å². The van der Waals surface area contributed by atoms with Gasteiger partial charge in [-0.3, -0.25) is 9.78 Å². The molecule has 1 aromatic heterocycles. The van der Waals surface area contributed by atoms with E-state index in [9.17, 15) is 4.79 Å². The number of ether oxygens (including phenoxy) is 1. The van der Waals surface area contributed by atoms with Gasteiger partial charge in [0.05, 0.1) is 12.7 Å². The van der Waals surface area contributed by atoms with Crippen LogP contribution < -0.4 is 10.2 Å². The Kier molecular flexibility index (Phi) is 7.95. The fourth-order valence-corrected chi connectivity index (χ4v) is 4.23. The highest BCUT2D eigenvalue weighted by atomic mass is 35.5. The third kappa shape index (κ3) is 4.60. The van der Waals surface area contributed by atoms with Gasteiger partial charge in [0.1, 0.15) is 0 Å². The minimum absolute atomic E-state index is 0. The van der Waals surface area contributed by atoms with E-state index in [1.807, 2.05) is 24.5 Å². The number of halogens is 2. The molecule has 2 saturated heterocycles. The highest BCUT2D eigenvalue weighted by Gasteiger charge is 2.37. The number of rotatable bonds is 2. The summed E-state index contributed by atoms with van der Waals surface area (Å²) in [5.74, 6) is 0.503. The molecule has 0 aromatic carbocycles. The van der Waals surface area contributed by atoms with Crippen molar-refractivity contribution in [3.05, 3.63) is 24.5 Å². The summed E-state index contributed by atoms with van der Waals surface area (Å²) in [6.07, 6.45) is 6.85. The highest BCUT2D eigenvalue weighted by molar-refractivity contribution is 5.85. The summed E-state index contributed by atoms with van der Waals surface area (Å²) < 4.78 is 5.82. The summed E-state index contributed by atoms with van der Waals surface area (Å²) in [7, 11) is 0. The number of carbonyl (C=O) groups is 1. The van der Waals surface area contributed by atoms with Crippen LogP contribution in [0.5, 0.6) is 0 Å². The summed E-state index contributed by atoms with van der Waals surface area (Å²) in [6.45, 7) is 5.14. The van der Waals surface area contributed by atoms with Gasteiger partial charge in [0, 0.05) is 62.8 Å². The van der Waals surface area contributed by atoms with Gasteiger partial charge >= 0.3 is 0 Å². The average molecular weight is 403 g/mol. The fourth-order valence-electron chi connectivity index (χ4n) is 4.23. The lowest BCUT2D eigenvalue weighted by Crippen LogP contribution is -2.55. The maximum absolute atomic E-state index is 12.9. The van der Waals surface area contributed by atoms with E-state index in [1.54, 1.807) is 0 Å². The molecule has 4 rings (SSSR count). The Morgan fingerprint density at radius 1 is 1.12 bits per heavy atom. The number of hydrogen-bond donors (Lipinski definition) is 1. The van der Waals surface area contributed by atoms with Crippen molar-refractivity contribution in [1.29, 1.82) is 0 Å². The first-order valence-corrected chi connectivity index (χ1v) is 9.10. The molecule has 1 aromatic rings. The Labute approximate surface area is 167 Å². The smallest absolute Gasteiger partial charge is 0.225 e. The van der Waals surface area contributed by atoms with Crippen molar-refractivity contribution in [3.8, 4) is 0 Å². The number of nitrogens with one attached hydrogen (secondary N) is 1. The molecule has 3 aliphatic rings. The van der Waals surface area contributed by atoms with E-state index in [1.165, 1.54) is 5.69 Å². The first kappa shape index (κ1) is 21.2. The number of fused-ring (bicyclic) bond motifs is 1. The lowest BCUT2D eigenvalue weighted by atomic mass is 9.82. The summed E-state index contributed by atoms with van der Waals surface area (Å²) in [5, 5.41) is 3.53. The van der Waals surface area contributed by atoms with Crippen LogP contribution in [-0.4, -0.2) is 67.3 Å². The Bertz CT molecular complexity index is 570. The van der Waals surface area contributed by atoms with E-state index in [0.717, 1.165) is 58.6 Å². The van der Waals surface area contributed by atoms with Crippen LogP contribution in [-0.2, 0) is 9.53 Å². The summed E-state index contributed by atoms with van der Waals surface area (Å²) >= 11 is 0. The zero-order valence-electron chi connectivity index (χ0n) is 14.9. The summed E-state index contributed by atoms with van der Waals surface area (Å²) in [5.41, 5.74) is 1.20. The SMILES string of the molecule is Cl.Cl.O=C([C@H]1CC[C@H]2OCCN[C@@H]2C1)N1CCN(c2ccncc2)CC1. The third-order valence-electron chi connectivity index (χ3n) is 5.60. The van der Waals surface area contributed by atoms with Crippen molar-refractivity contribution in [3.63, 3.8) is 0 Å².